The van der Waals surface area contributed by atoms with Crippen molar-refractivity contribution in [3.05, 3.63) is 35.4 Å². The zero-order valence-electron chi connectivity index (χ0n) is 8.55. The van der Waals surface area contributed by atoms with Crippen LogP contribution in [0.3, 0.4) is 0 Å². The molecule has 0 radical (unpaired) electrons. The van der Waals surface area contributed by atoms with Gasteiger partial charge in [-0.05, 0) is 24.0 Å². The molecule has 1 unspecified atom stereocenters. The molecule has 0 bridgehead atoms. The maximum Gasteiger partial charge on any atom is 0.261 e. The Morgan fingerprint density at radius 3 is 2.47 bits per heavy atom. The average Bonchev–Trinajstić information content (AvgIpc) is 2.46. The van der Waals surface area contributed by atoms with Crippen LogP contribution in [0.4, 0.5) is 0 Å². The van der Waals surface area contributed by atoms with Gasteiger partial charge in [-0.25, -0.2) is 0 Å². The molecule has 0 saturated carbocycles. The minimum absolute atomic E-state index is 0.302. The Kier molecular flexibility index (Phi) is 3.84. The number of hydrogen-bond acceptors (Lipinski definition) is 3. The fourth-order valence-electron chi connectivity index (χ4n) is 1.59. The molecule has 4 nitrogen and oxygen atoms in total. The monoisotopic (exact) mass is 229 g/mol. The Labute approximate surface area is 89.9 Å². The third kappa shape index (κ3) is 4.42. The first-order valence-electron chi connectivity index (χ1n) is 4.64. The highest BCUT2D eigenvalue weighted by atomic mass is 32.2. The van der Waals surface area contributed by atoms with Crippen LogP contribution < -0.4 is 5.73 Å². The van der Waals surface area contributed by atoms with Gasteiger partial charge in [0.25, 0.3) is 10.1 Å². The summed E-state index contributed by atoms with van der Waals surface area (Å²) in [6.07, 6.45) is 3.00. The highest BCUT2D eigenvalue weighted by molar-refractivity contribution is 7.85. The molecule has 0 aliphatic heterocycles. The van der Waals surface area contributed by atoms with Gasteiger partial charge >= 0.3 is 0 Å². The summed E-state index contributed by atoms with van der Waals surface area (Å²) in [6.45, 7) is 0. The largest absolute Gasteiger partial charge is 0.324 e. The molecule has 5 heteroatoms. The van der Waals surface area contributed by atoms with Crippen molar-refractivity contribution in [3.8, 4) is 0 Å². The Balaban J connectivity index is 0.000000195. The van der Waals surface area contributed by atoms with E-state index in [1.165, 1.54) is 11.1 Å². The van der Waals surface area contributed by atoms with E-state index < -0.39 is 10.1 Å². The number of hydrogen-bond donors (Lipinski definition) is 2. The first-order valence-corrected chi connectivity index (χ1v) is 6.48. The zero-order chi connectivity index (χ0) is 11.5. The molecule has 84 valence electrons. The zero-order valence-corrected chi connectivity index (χ0v) is 9.37. The van der Waals surface area contributed by atoms with E-state index in [1.807, 2.05) is 0 Å². The molecule has 2 rings (SSSR count). The smallest absolute Gasteiger partial charge is 0.261 e. The summed E-state index contributed by atoms with van der Waals surface area (Å²) in [5, 5.41) is 0. The molecule has 0 spiro atoms. The van der Waals surface area contributed by atoms with Gasteiger partial charge in [-0.1, -0.05) is 24.3 Å². The lowest BCUT2D eigenvalue weighted by molar-refractivity contribution is 0.490. The van der Waals surface area contributed by atoms with Crippen LogP contribution in [-0.2, 0) is 16.5 Å². The molecule has 0 fully saturated rings. The first-order chi connectivity index (χ1) is 6.88. The van der Waals surface area contributed by atoms with E-state index in [1.54, 1.807) is 0 Å². The van der Waals surface area contributed by atoms with Crippen molar-refractivity contribution in [1.29, 1.82) is 0 Å². The lowest BCUT2D eigenvalue weighted by atomic mass is 10.1. The molecular formula is C10H15NO3S. The molecule has 3 N–H and O–H groups in total. The van der Waals surface area contributed by atoms with Crippen molar-refractivity contribution in [2.45, 2.75) is 18.9 Å². The summed E-state index contributed by atoms with van der Waals surface area (Å²) in [6, 6.07) is 8.74. The minimum atomic E-state index is -3.67. The fraction of sp³-hybridized carbons (Fsp3) is 0.400. The van der Waals surface area contributed by atoms with Crippen LogP contribution in [0.15, 0.2) is 24.3 Å². The highest BCUT2D eigenvalue weighted by Crippen LogP contribution is 2.28. The van der Waals surface area contributed by atoms with E-state index in [2.05, 4.69) is 24.3 Å². The summed E-state index contributed by atoms with van der Waals surface area (Å²) < 4.78 is 25.9. The van der Waals surface area contributed by atoms with Crippen molar-refractivity contribution >= 4 is 10.1 Å². The normalized spacial score (nSPS) is 19.0. The van der Waals surface area contributed by atoms with Crippen LogP contribution >= 0.6 is 0 Å². The summed E-state index contributed by atoms with van der Waals surface area (Å²) >= 11 is 0. The Bertz CT molecular complexity index is 420. The van der Waals surface area contributed by atoms with Gasteiger partial charge in [0.05, 0.1) is 6.26 Å². The molecule has 1 aliphatic rings. The number of fused-ring (bicyclic) bond motifs is 1. The number of nitrogens with two attached hydrogens (primary N) is 1. The second-order valence-electron chi connectivity index (χ2n) is 3.58. The molecular weight excluding hydrogens is 214 g/mol. The Morgan fingerprint density at radius 2 is 1.93 bits per heavy atom. The first kappa shape index (κ1) is 12.2. The number of benzene rings is 1. The molecule has 0 heterocycles. The second kappa shape index (κ2) is 4.74. The quantitative estimate of drug-likeness (QED) is 0.654. The van der Waals surface area contributed by atoms with E-state index in [4.69, 9.17) is 10.3 Å². The summed E-state index contributed by atoms with van der Waals surface area (Å²) in [7, 11) is -3.67. The summed E-state index contributed by atoms with van der Waals surface area (Å²) in [4.78, 5) is 0. The van der Waals surface area contributed by atoms with Crippen molar-refractivity contribution in [3.63, 3.8) is 0 Å². The topological polar surface area (TPSA) is 80.4 Å². The molecule has 0 amide bonds. The third-order valence-corrected chi connectivity index (χ3v) is 2.18. The average molecular weight is 229 g/mol. The summed E-state index contributed by atoms with van der Waals surface area (Å²) in [5.74, 6) is 0. The van der Waals surface area contributed by atoms with Crippen LogP contribution in [0.5, 0.6) is 0 Å². The lowest BCUT2D eigenvalue weighted by Gasteiger charge is -2.01. The predicted octanol–water partition coefficient (Wildman–Crippen LogP) is 1.14. The number of aryl methyl sites for hydroxylation is 1. The maximum atomic E-state index is 9.19. The molecule has 1 aliphatic carbocycles. The SMILES string of the molecule is CS(=O)(=O)O.NC1CCc2ccccc21. The van der Waals surface area contributed by atoms with Gasteiger partial charge in [-0.2, -0.15) is 8.42 Å². The van der Waals surface area contributed by atoms with Gasteiger partial charge in [-0.15, -0.1) is 0 Å². The van der Waals surface area contributed by atoms with Crippen LogP contribution in [0.2, 0.25) is 0 Å². The van der Waals surface area contributed by atoms with Crippen molar-refractivity contribution in [1.82, 2.24) is 0 Å². The molecule has 1 aromatic rings. The molecule has 0 saturated heterocycles. The van der Waals surface area contributed by atoms with Gasteiger partial charge in [-0.3, -0.25) is 4.55 Å². The molecule has 1 aromatic carbocycles. The number of rotatable bonds is 0. The minimum Gasteiger partial charge on any atom is -0.324 e. The van der Waals surface area contributed by atoms with Crippen LogP contribution in [0.1, 0.15) is 23.6 Å². The standard InChI is InChI=1S/C9H11N.CH4O3S/c10-9-6-5-7-3-1-2-4-8(7)9;1-5(2,3)4/h1-4,9H,5-6,10H2;1H3,(H,2,3,4). The van der Waals surface area contributed by atoms with Gasteiger partial charge in [0, 0.05) is 6.04 Å². The van der Waals surface area contributed by atoms with Gasteiger partial charge in [0.2, 0.25) is 0 Å². The molecule has 0 aromatic heterocycles. The maximum absolute atomic E-state index is 9.19. The van der Waals surface area contributed by atoms with E-state index >= 15 is 0 Å². The predicted molar refractivity (Wildman–Crippen MR) is 59.2 cm³/mol. The van der Waals surface area contributed by atoms with Gasteiger partial charge in [0.15, 0.2) is 0 Å². The van der Waals surface area contributed by atoms with Crippen molar-refractivity contribution in [2.24, 2.45) is 5.73 Å². The lowest BCUT2D eigenvalue weighted by Crippen LogP contribution is -2.04. The van der Waals surface area contributed by atoms with Crippen LogP contribution in [-0.4, -0.2) is 19.2 Å². The Hall–Kier alpha value is -0.910. The molecule has 15 heavy (non-hydrogen) atoms. The molecule has 1 atom stereocenters. The van der Waals surface area contributed by atoms with E-state index in [-0.39, 0.29) is 0 Å². The second-order valence-corrected chi connectivity index (χ2v) is 5.04. The van der Waals surface area contributed by atoms with Gasteiger partial charge in [0.1, 0.15) is 0 Å². The highest BCUT2D eigenvalue weighted by Gasteiger charge is 2.16. The van der Waals surface area contributed by atoms with E-state index in [0.717, 1.165) is 12.8 Å². The Morgan fingerprint density at radius 1 is 1.40 bits per heavy atom. The van der Waals surface area contributed by atoms with E-state index in [0.29, 0.717) is 12.3 Å². The van der Waals surface area contributed by atoms with Crippen molar-refractivity contribution < 1.29 is 13.0 Å². The fourth-order valence-corrected chi connectivity index (χ4v) is 1.59. The van der Waals surface area contributed by atoms with Crippen LogP contribution in [0, 0.1) is 0 Å². The summed E-state index contributed by atoms with van der Waals surface area (Å²) in [5.41, 5.74) is 8.64. The van der Waals surface area contributed by atoms with Crippen LogP contribution in [0.25, 0.3) is 0 Å². The van der Waals surface area contributed by atoms with Gasteiger partial charge < -0.3 is 5.73 Å². The third-order valence-electron chi connectivity index (χ3n) is 2.18. The van der Waals surface area contributed by atoms with E-state index in [9.17, 15) is 8.42 Å². The van der Waals surface area contributed by atoms with Crippen molar-refractivity contribution in [2.75, 3.05) is 6.26 Å².